The molecule has 2 aromatic rings. The zero-order valence-electron chi connectivity index (χ0n) is 14.3. The number of halogens is 1. The van der Waals surface area contributed by atoms with Crippen LogP contribution in [-0.2, 0) is 4.79 Å². The number of rotatable bonds is 4. The van der Waals surface area contributed by atoms with Crippen LogP contribution >= 0.6 is 11.6 Å². The van der Waals surface area contributed by atoms with Gasteiger partial charge in [-0.1, -0.05) is 17.7 Å². The molecule has 2 heterocycles. The van der Waals surface area contributed by atoms with Gasteiger partial charge in [-0.25, -0.2) is 9.97 Å². The van der Waals surface area contributed by atoms with Crippen LogP contribution in [0.3, 0.4) is 0 Å². The van der Waals surface area contributed by atoms with Crippen molar-refractivity contribution in [2.75, 3.05) is 23.3 Å². The first kappa shape index (κ1) is 17.5. The molecule has 1 saturated heterocycles. The van der Waals surface area contributed by atoms with E-state index >= 15 is 0 Å². The summed E-state index contributed by atoms with van der Waals surface area (Å²) in [6.45, 7) is 5.22. The van der Waals surface area contributed by atoms with E-state index in [0.29, 0.717) is 42.6 Å². The molecule has 25 heavy (non-hydrogen) atoms. The number of carboxylic acids is 1. The van der Waals surface area contributed by atoms with Crippen LogP contribution in [0.2, 0.25) is 5.02 Å². The van der Waals surface area contributed by atoms with E-state index in [-0.39, 0.29) is 5.92 Å². The fourth-order valence-electron chi connectivity index (χ4n) is 3.00. The first-order chi connectivity index (χ1) is 11.9. The van der Waals surface area contributed by atoms with E-state index in [1.54, 1.807) is 0 Å². The van der Waals surface area contributed by atoms with Gasteiger partial charge in [-0.15, -0.1) is 0 Å². The Morgan fingerprint density at radius 2 is 1.96 bits per heavy atom. The smallest absolute Gasteiger partial charge is 0.306 e. The normalized spacial score (nSPS) is 15.2. The minimum Gasteiger partial charge on any atom is -0.481 e. The number of carboxylic acid groups (broad SMARTS) is 1. The van der Waals surface area contributed by atoms with Crippen LogP contribution in [0.4, 0.5) is 17.3 Å². The molecule has 0 amide bonds. The molecule has 7 heteroatoms. The number of piperidine rings is 1. The van der Waals surface area contributed by atoms with Gasteiger partial charge in [0.05, 0.1) is 5.92 Å². The van der Waals surface area contributed by atoms with Gasteiger partial charge in [0.25, 0.3) is 0 Å². The van der Waals surface area contributed by atoms with E-state index in [1.165, 1.54) is 0 Å². The molecule has 1 aliphatic heterocycles. The molecule has 1 fully saturated rings. The molecule has 2 N–H and O–H groups in total. The number of nitrogens with one attached hydrogen (secondary N) is 1. The summed E-state index contributed by atoms with van der Waals surface area (Å²) < 4.78 is 0. The number of carbonyl (C=O) groups is 1. The number of benzene rings is 1. The zero-order chi connectivity index (χ0) is 18.0. The molecule has 0 unspecified atom stereocenters. The second-order valence-electron chi connectivity index (χ2n) is 6.34. The van der Waals surface area contributed by atoms with E-state index in [4.69, 9.17) is 16.7 Å². The fraction of sp³-hybridized carbons (Fsp3) is 0.389. The summed E-state index contributed by atoms with van der Waals surface area (Å²) >= 11 is 6.08. The Labute approximate surface area is 151 Å². The lowest BCUT2D eigenvalue weighted by Gasteiger charge is -2.31. The van der Waals surface area contributed by atoms with E-state index in [0.717, 1.165) is 17.1 Å². The third-order valence-corrected chi connectivity index (χ3v) is 4.69. The van der Waals surface area contributed by atoms with Crippen molar-refractivity contribution in [1.29, 1.82) is 0 Å². The van der Waals surface area contributed by atoms with Crippen LogP contribution in [0.1, 0.15) is 24.2 Å². The number of aryl methyl sites for hydroxylation is 2. The minimum atomic E-state index is -0.711. The van der Waals surface area contributed by atoms with Crippen molar-refractivity contribution in [1.82, 2.24) is 9.97 Å². The van der Waals surface area contributed by atoms with E-state index in [1.807, 2.05) is 38.1 Å². The number of hydrogen-bond donors (Lipinski definition) is 2. The van der Waals surface area contributed by atoms with Crippen LogP contribution in [0, 0.1) is 19.8 Å². The van der Waals surface area contributed by atoms with E-state index in [2.05, 4.69) is 20.2 Å². The maximum Gasteiger partial charge on any atom is 0.306 e. The maximum atomic E-state index is 11.1. The van der Waals surface area contributed by atoms with Crippen molar-refractivity contribution in [3.63, 3.8) is 0 Å². The molecular formula is C18H21ClN4O2. The Morgan fingerprint density at radius 3 is 2.64 bits per heavy atom. The van der Waals surface area contributed by atoms with Gasteiger partial charge in [-0.05, 0) is 44.4 Å². The van der Waals surface area contributed by atoms with Crippen molar-refractivity contribution in [3.05, 3.63) is 40.7 Å². The first-order valence-electron chi connectivity index (χ1n) is 8.29. The molecule has 132 valence electrons. The molecule has 0 bridgehead atoms. The standard InChI is InChI=1S/C18H21ClN4O2/c1-11-3-4-14(19)9-15(11)22-16-10-17(21-12(2)20-16)23-7-5-13(6-8-23)18(24)25/h3-4,9-10,13H,5-8H2,1-2H3,(H,24,25)(H,20,21,22). The molecule has 3 rings (SSSR count). The summed E-state index contributed by atoms with van der Waals surface area (Å²) in [4.78, 5) is 22.2. The largest absolute Gasteiger partial charge is 0.481 e. The lowest BCUT2D eigenvalue weighted by Crippen LogP contribution is -2.36. The van der Waals surface area contributed by atoms with Crippen molar-refractivity contribution in [2.24, 2.45) is 5.92 Å². The predicted octanol–water partition coefficient (Wildman–Crippen LogP) is 3.79. The summed E-state index contributed by atoms with van der Waals surface area (Å²) in [7, 11) is 0. The molecule has 1 aliphatic rings. The van der Waals surface area contributed by atoms with Gasteiger partial charge in [-0.3, -0.25) is 4.79 Å². The van der Waals surface area contributed by atoms with Crippen LogP contribution in [0.25, 0.3) is 0 Å². The Morgan fingerprint density at radius 1 is 1.24 bits per heavy atom. The third-order valence-electron chi connectivity index (χ3n) is 4.45. The number of aromatic nitrogens is 2. The average Bonchev–Trinajstić information content (AvgIpc) is 2.58. The van der Waals surface area contributed by atoms with Gasteiger partial charge in [0, 0.05) is 29.9 Å². The lowest BCUT2D eigenvalue weighted by molar-refractivity contribution is -0.142. The van der Waals surface area contributed by atoms with Crippen LogP contribution in [0.5, 0.6) is 0 Å². The Bertz CT molecular complexity index is 789. The molecule has 0 aliphatic carbocycles. The van der Waals surface area contributed by atoms with Gasteiger partial charge in [0.15, 0.2) is 0 Å². The highest BCUT2D eigenvalue weighted by Gasteiger charge is 2.25. The van der Waals surface area contributed by atoms with E-state index < -0.39 is 5.97 Å². The summed E-state index contributed by atoms with van der Waals surface area (Å²) in [6, 6.07) is 7.57. The van der Waals surface area contributed by atoms with Crippen molar-refractivity contribution < 1.29 is 9.90 Å². The number of hydrogen-bond acceptors (Lipinski definition) is 5. The molecule has 1 aromatic carbocycles. The monoisotopic (exact) mass is 360 g/mol. The molecule has 1 aromatic heterocycles. The predicted molar refractivity (Wildman–Crippen MR) is 98.8 cm³/mol. The Balaban J connectivity index is 1.79. The average molecular weight is 361 g/mol. The van der Waals surface area contributed by atoms with Gasteiger partial charge in [-0.2, -0.15) is 0 Å². The summed E-state index contributed by atoms with van der Waals surface area (Å²) in [6.07, 6.45) is 1.27. The number of nitrogens with zero attached hydrogens (tertiary/aromatic N) is 3. The highest BCUT2D eigenvalue weighted by atomic mass is 35.5. The molecule has 0 spiro atoms. The van der Waals surface area contributed by atoms with Crippen LogP contribution in [0.15, 0.2) is 24.3 Å². The molecule has 0 radical (unpaired) electrons. The highest BCUT2D eigenvalue weighted by Crippen LogP contribution is 2.27. The number of anilines is 3. The van der Waals surface area contributed by atoms with Crippen LogP contribution in [-0.4, -0.2) is 34.1 Å². The van der Waals surface area contributed by atoms with Crippen molar-refractivity contribution in [2.45, 2.75) is 26.7 Å². The van der Waals surface area contributed by atoms with Gasteiger partial charge >= 0.3 is 5.97 Å². The molecule has 6 nitrogen and oxygen atoms in total. The summed E-state index contributed by atoms with van der Waals surface area (Å²) in [5.41, 5.74) is 1.98. The summed E-state index contributed by atoms with van der Waals surface area (Å²) in [5.74, 6) is 1.22. The van der Waals surface area contributed by atoms with E-state index in [9.17, 15) is 4.79 Å². The van der Waals surface area contributed by atoms with Crippen LogP contribution < -0.4 is 10.2 Å². The number of aliphatic carboxylic acids is 1. The first-order valence-corrected chi connectivity index (χ1v) is 8.67. The lowest BCUT2D eigenvalue weighted by atomic mass is 9.97. The second-order valence-corrected chi connectivity index (χ2v) is 6.78. The maximum absolute atomic E-state index is 11.1. The fourth-order valence-corrected chi connectivity index (χ4v) is 3.17. The molecular weight excluding hydrogens is 340 g/mol. The topological polar surface area (TPSA) is 78.4 Å². The molecule has 0 saturated carbocycles. The van der Waals surface area contributed by atoms with Gasteiger partial charge in [0.2, 0.25) is 0 Å². The summed E-state index contributed by atoms with van der Waals surface area (Å²) in [5, 5.41) is 13.1. The van der Waals surface area contributed by atoms with Crippen molar-refractivity contribution in [3.8, 4) is 0 Å². The van der Waals surface area contributed by atoms with Gasteiger partial charge < -0.3 is 15.3 Å². The third kappa shape index (κ3) is 4.20. The van der Waals surface area contributed by atoms with Gasteiger partial charge in [0.1, 0.15) is 17.5 Å². The minimum absolute atomic E-state index is 0.258. The Kier molecular flexibility index (Phi) is 5.08. The highest BCUT2D eigenvalue weighted by molar-refractivity contribution is 6.30. The molecule has 0 atom stereocenters. The SMILES string of the molecule is Cc1nc(Nc2cc(Cl)ccc2C)cc(N2CCC(C(=O)O)CC2)n1. The van der Waals surface area contributed by atoms with Crippen molar-refractivity contribution >= 4 is 34.9 Å². The second kappa shape index (κ2) is 7.27. The Hall–Kier alpha value is -2.34. The quantitative estimate of drug-likeness (QED) is 0.863. The zero-order valence-corrected chi connectivity index (χ0v) is 15.0.